The minimum atomic E-state index is -1.01. The highest BCUT2D eigenvalue weighted by Crippen LogP contribution is 2.34. The average molecular weight is 374 g/mol. The molecule has 24 heavy (non-hydrogen) atoms. The summed E-state index contributed by atoms with van der Waals surface area (Å²) >= 11 is 7.69. The van der Waals surface area contributed by atoms with Crippen molar-refractivity contribution in [3.8, 4) is 0 Å². The van der Waals surface area contributed by atoms with E-state index >= 15 is 0 Å². The largest absolute Gasteiger partial charge is 0.388 e. The highest BCUT2D eigenvalue weighted by atomic mass is 35.5. The SMILES string of the molecule is CCCSc1nc(Cl)c2nnn([C@@H]3C[C@H](OCC)[C@@H](O)[C@H]3O)c2n1. The molecule has 4 atom stereocenters. The van der Waals surface area contributed by atoms with Crippen molar-refractivity contribution in [2.45, 2.75) is 56.2 Å². The van der Waals surface area contributed by atoms with Crippen molar-refractivity contribution in [3.63, 3.8) is 0 Å². The number of fused-ring (bicyclic) bond motifs is 1. The second-order valence-corrected chi connectivity index (χ2v) is 7.05. The number of aliphatic hydroxyl groups is 2. The number of aliphatic hydroxyl groups excluding tert-OH is 2. The molecule has 2 aromatic rings. The monoisotopic (exact) mass is 373 g/mol. The molecule has 0 aliphatic heterocycles. The van der Waals surface area contributed by atoms with E-state index in [1.807, 2.05) is 6.92 Å². The van der Waals surface area contributed by atoms with Gasteiger partial charge in [-0.05, 0) is 13.3 Å². The molecule has 1 fully saturated rings. The van der Waals surface area contributed by atoms with Gasteiger partial charge in [0.2, 0.25) is 0 Å². The Morgan fingerprint density at radius 3 is 2.79 bits per heavy atom. The smallest absolute Gasteiger partial charge is 0.191 e. The number of nitrogens with zero attached hydrogens (tertiary/aromatic N) is 5. The molecule has 10 heteroatoms. The van der Waals surface area contributed by atoms with Crippen molar-refractivity contribution >= 4 is 34.5 Å². The van der Waals surface area contributed by atoms with Crippen molar-refractivity contribution in [1.82, 2.24) is 25.0 Å². The third-order valence-corrected chi connectivity index (χ3v) is 5.31. The number of rotatable bonds is 6. The van der Waals surface area contributed by atoms with Gasteiger partial charge < -0.3 is 14.9 Å². The molecule has 2 heterocycles. The molecule has 8 nitrogen and oxygen atoms in total. The van der Waals surface area contributed by atoms with Crippen LogP contribution in [0.25, 0.3) is 11.2 Å². The van der Waals surface area contributed by atoms with E-state index in [1.54, 1.807) is 0 Å². The van der Waals surface area contributed by atoms with Crippen LogP contribution >= 0.6 is 23.4 Å². The van der Waals surface area contributed by atoms with Crippen LogP contribution in [0.2, 0.25) is 5.15 Å². The van der Waals surface area contributed by atoms with Gasteiger partial charge in [-0.25, -0.2) is 14.6 Å². The summed E-state index contributed by atoms with van der Waals surface area (Å²) in [6.45, 7) is 4.38. The van der Waals surface area contributed by atoms with Gasteiger partial charge in [-0.1, -0.05) is 35.5 Å². The van der Waals surface area contributed by atoms with Crippen molar-refractivity contribution in [3.05, 3.63) is 5.15 Å². The van der Waals surface area contributed by atoms with Gasteiger partial charge in [0.15, 0.2) is 21.5 Å². The van der Waals surface area contributed by atoms with E-state index in [4.69, 9.17) is 16.3 Å². The summed E-state index contributed by atoms with van der Waals surface area (Å²) in [6.07, 6.45) is -1.01. The third kappa shape index (κ3) is 3.23. The summed E-state index contributed by atoms with van der Waals surface area (Å²) in [5.74, 6) is 0.876. The van der Waals surface area contributed by atoms with E-state index in [1.165, 1.54) is 16.4 Å². The Kier molecular flexibility index (Phi) is 5.56. The minimum absolute atomic E-state index is 0.235. The van der Waals surface area contributed by atoms with Crippen LogP contribution in [0.15, 0.2) is 5.16 Å². The fraction of sp³-hybridized carbons (Fsp3) is 0.714. The van der Waals surface area contributed by atoms with Gasteiger partial charge in [0.1, 0.15) is 12.2 Å². The number of hydrogen-bond donors (Lipinski definition) is 2. The Bertz CT molecular complexity index is 715. The molecular weight excluding hydrogens is 354 g/mol. The lowest BCUT2D eigenvalue weighted by Crippen LogP contribution is -2.33. The fourth-order valence-corrected chi connectivity index (χ4v) is 3.80. The summed E-state index contributed by atoms with van der Waals surface area (Å²) in [4.78, 5) is 8.70. The zero-order valence-electron chi connectivity index (χ0n) is 13.5. The molecule has 1 aliphatic carbocycles. The summed E-state index contributed by atoms with van der Waals surface area (Å²) < 4.78 is 7.01. The maximum Gasteiger partial charge on any atom is 0.191 e. The lowest BCUT2D eigenvalue weighted by molar-refractivity contribution is -0.0534. The molecule has 3 rings (SSSR count). The first-order chi connectivity index (χ1) is 11.6. The Hall–Kier alpha value is -1.00. The Balaban J connectivity index is 1.96. The Labute approximate surface area is 148 Å². The molecule has 132 valence electrons. The number of ether oxygens (including phenoxy) is 1. The lowest BCUT2D eigenvalue weighted by Gasteiger charge is -2.16. The van der Waals surface area contributed by atoms with Crippen LogP contribution in [0, 0.1) is 0 Å². The van der Waals surface area contributed by atoms with Crippen LogP contribution in [0.3, 0.4) is 0 Å². The van der Waals surface area contributed by atoms with Gasteiger partial charge in [0.05, 0.1) is 12.1 Å². The fourth-order valence-electron chi connectivity index (χ4n) is 2.85. The molecule has 1 aliphatic rings. The van der Waals surface area contributed by atoms with E-state index in [0.717, 1.165) is 12.2 Å². The normalized spacial score (nSPS) is 27.2. The van der Waals surface area contributed by atoms with Crippen molar-refractivity contribution in [1.29, 1.82) is 0 Å². The number of halogens is 1. The van der Waals surface area contributed by atoms with Crippen LogP contribution in [0.4, 0.5) is 0 Å². The van der Waals surface area contributed by atoms with E-state index in [9.17, 15) is 10.2 Å². The molecule has 0 unspecified atom stereocenters. The average Bonchev–Trinajstić information content (AvgIpc) is 3.10. The van der Waals surface area contributed by atoms with Crippen LogP contribution in [-0.2, 0) is 4.74 Å². The molecule has 0 saturated heterocycles. The standard InChI is InChI=1S/C14H20ClN5O3S/c1-3-5-24-14-16-12(15)9-13(17-14)20(19-18-9)7-6-8(23-4-2)11(22)10(7)21/h7-8,10-11,21-22H,3-6H2,1-2H3/t7-,8+,10+,11-/m1/s1. The second-order valence-electron chi connectivity index (χ2n) is 5.63. The minimum Gasteiger partial charge on any atom is -0.388 e. The van der Waals surface area contributed by atoms with Crippen molar-refractivity contribution in [2.24, 2.45) is 0 Å². The predicted molar refractivity (Wildman–Crippen MR) is 90.2 cm³/mol. The summed E-state index contributed by atoms with van der Waals surface area (Å²) in [5.41, 5.74) is 0.848. The molecule has 2 aromatic heterocycles. The number of aromatic nitrogens is 5. The topological polar surface area (TPSA) is 106 Å². The molecular formula is C14H20ClN5O3S. The molecule has 0 spiro atoms. The number of hydrogen-bond acceptors (Lipinski definition) is 8. The zero-order valence-corrected chi connectivity index (χ0v) is 15.0. The van der Waals surface area contributed by atoms with Gasteiger partial charge >= 0.3 is 0 Å². The predicted octanol–water partition coefficient (Wildman–Crippen LogP) is 1.45. The quantitative estimate of drug-likeness (QED) is 0.445. The van der Waals surface area contributed by atoms with Gasteiger partial charge in [0.25, 0.3) is 0 Å². The summed E-state index contributed by atoms with van der Waals surface area (Å²) in [7, 11) is 0. The van der Waals surface area contributed by atoms with Gasteiger partial charge in [-0.15, -0.1) is 5.10 Å². The maximum absolute atomic E-state index is 10.4. The molecule has 0 bridgehead atoms. The van der Waals surface area contributed by atoms with Gasteiger partial charge in [0, 0.05) is 18.8 Å². The molecule has 1 saturated carbocycles. The van der Waals surface area contributed by atoms with Gasteiger partial charge in [-0.3, -0.25) is 0 Å². The lowest BCUT2D eigenvalue weighted by atomic mass is 10.2. The van der Waals surface area contributed by atoms with E-state index in [0.29, 0.717) is 29.3 Å². The highest BCUT2D eigenvalue weighted by molar-refractivity contribution is 7.99. The first-order valence-corrected chi connectivity index (χ1v) is 9.32. The first-order valence-electron chi connectivity index (χ1n) is 7.95. The third-order valence-electron chi connectivity index (χ3n) is 3.99. The molecule has 0 radical (unpaired) electrons. The summed E-state index contributed by atoms with van der Waals surface area (Å²) in [6, 6.07) is -0.475. The number of thioether (sulfide) groups is 1. The van der Waals surface area contributed by atoms with Crippen LogP contribution in [-0.4, -0.2) is 65.8 Å². The van der Waals surface area contributed by atoms with Crippen molar-refractivity contribution < 1.29 is 14.9 Å². The van der Waals surface area contributed by atoms with E-state index < -0.39 is 24.4 Å². The van der Waals surface area contributed by atoms with Crippen LogP contribution < -0.4 is 0 Å². The molecule has 0 aromatic carbocycles. The molecule has 0 amide bonds. The summed E-state index contributed by atoms with van der Waals surface area (Å²) in [5, 5.41) is 29.4. The second kappa shape index (κ2) is 7.49. The van der Waals surface area contributed by atoms with Gasteiger partial charge in [-0.2, -0.15) is 0 Å². The van der Waals surface area contributed by atoms with E-state index in [-0.39, 0.29) is 5.15 Å². The van der Waals surface area contributed by atoms with Crippen LogP contribution in [0.5, 0.6) is 0 Å². The zero-order chi connectivity index (χ0) is 17.3. The van der Waals surface area contributed by atoms with Crippen molar-refractivity contribution in [2.75, 3.05) is 12.4 Å². The van der Waals surface area contributed by atoms with Crippen LogP contribution in [0.1, 0.15) is 32.7 Å². The van der Waals surface area contributed by atoms with E-state index in [2.05, 4.69) is 27.2 Å². The maximum atomic E-state index is 10.4. The highest BCUT2D eigenvalue weighted by Gasteiger charge is 2.44. The molecule has 2 N–H and O–H groups in total. The Morgan fingerprint density at radius 2 is 2.08 bits per heavy atom. The first kappa shape index (κ1) is 17.8. The Morgan fingerprint density at radius 1 is 1.29 bits per heavy atom.